The first-order valence-corrected chi connectivity index (χ1v) is 10.3. The Morgan fingerprint density at radius 2 is 1.86 bits per heavy atom. The fraction of sp³-hybridized carbons (Fsp3) is 0.333. The van der Waals surface area contributed by atoms with Gasteiger partial charge < -0.3 is 4.90 Å². The first-order valence-electron chi connectivity index (χ1n) is 10.3. The molecule has 0 N–H and O–H groups in total. The van der Waals surface area contributed by atoms with Crippen LogP contribution in [0.4, 0.5) is 0 Å². The molecule has 0 amide bonds. The highest BCUT2D eigenvalue weighted by Crippen LogP contribution is 2.33. The van der Waals surface area contributed by atoms with Crippen molar-refractivity contribution in [3.8, 4) is 11.1 Å². The predicted octanol–water partition coefficient (Wildman–Crippen LogP) is 4.99. The van der Waals surface area contributed by atoms with Gasteiger partial charge in [0.2, 0.25) is 0 Å². The molecule has 142 valence electrons. The zero-order valence-corrected chi connectivity index (χ0v) is 16.6. The summed E-state index contributed by atoms with van der Waals surface area (Å²) in [5, 5.41) is 6.87. The van der Waals surface area contributed by atoms with Crippen LogP contribution in [0.2, 0.25) is 0 Å². The average molecular weight is 371 g/mol. The summed E-state index contributed by atoms with van der Waals surface area (Å²) in [5.74, 6) is 0.570. The molecule has 0 aliphatic carbocycles. The van der Waals surface area contributed by atoms with Crippen molar-refractivity contribution in [1.29, 1.82) is 0 Å². The SMILES string of the molecule is CCN1CCC(c2ccc3cccc(-c4ccc5nn(C)cc5c4)c3n2)CC1. The Balaban J connectivity index is 1.56. The van der Waals surface area contributed by atoms with Crippen LogP contribution in [0.1, 0.15) is 31.4 Å². The lowest BCUT2D eigenvalue weighted by atomic mass is 9.92. The van der Waals surface area contributed by atoms with Crippen LogP contribution in [0.25, 0.3) is 32.9 Å². The molecule has 4 heteroatoms. The van der Waals surface area contributed by atoms with Crippen LogP contribution in [0.5, 0.6) is 0 Å². The normalized spacial score (nSPS) is 16.2. The summed E-state index contributed by atoms with van der Waals surface area (Å²) in [4.78, 5) is 7.71. The first kappa shape index (κ1) is 17.4. The number of aromatic nitrogens is 3. The Labute approximate surface area is 165 Å². The number of aryl methyl sites for hydroxylation is 1. The summed E-state index contributed by atoms with van der Waals surface area (Å²) < 4.78 is 1.87. The van der Waals surface area contributed by atoms with Crippen LogP contribution in [-0.4, -0.2) is 39.3 Å². The molecule has 1 fully saturated rings. The maximum atomic E-state index is 5.17. The summed E-state index contributed by atoms with van der Waals surface area (Å²) in [6, 6.07) is 17.5. The van der Waals surface area contributed by atoms with Crippen LogP contribution in [0.3, 0.4) is 0 Å². The van der Waals surface area contributed by atoms with Gasteiger partial charge in [-0.2, -0.15) is 5.10 Å². The number of hydrogen-bond donors (Lipinski definition) is 0. The number of fused-ring (bicyclic) bond motifs is 2. The van der Waals surface area contributed by atoms with Gasteiger partial charge in [0, 0.05) is 41.2 Å². The van der Waals surface area contributed by atoms with E-state index in [0.717, 1.165) is 17.6 Å². The number of pyridine rings is 1. The molecule has 28 heavy (non-hydrogen) atoms. The number of piperidine rings is 1. The van der Waals surface area contributed by atoms with E-state index in [-0.39, 0.29) is 0 Å². The summed E-state index contributed by atoms with van der Waals surface area (Å²) >= 11 is 0. The minimum atomic E-state index is 0.570. The van der Waals surface area contributed by atoms with Gasteiger partial charge in [-0.15, -0.1) is 0 Å². The minimum Gasteiger partial charge on any atom is -0.304 e. The van der Waals surface area contributed by atoms with Crippen molar-refractivity contribution >= 4 is 21.8 Å². The molecular weight excluding hydrogens is 344 g/mol. The van der Waals surface area contributed by atoms with Gasteiger partial charge in [-0.1, -0.05) is 37.3 Å². The van der Waals surface area contributed by atoms with Crippen molar-refractivity contribution < 1.29 is 0 Å². The Hall–Kier alpha value is -2.72. The largest absolute Gasteiger partial charge is 0.304 e. The van der Waals surface area contributed by atoms with Crippen LogP contribution in [-0.2, 0) is 7.05 Å². The molecule has 0 saturated carbocycles. The summed E-state index contributed by atoms with van der Waals surface area (Å²) in [6.45, 7) is 5.76. The Kier molecular flexibility index (Phi) is 4.36. The Morgan fingerprint density at radius 3 is 2.68 bits per heavy atom. The molecule has 1 saturated heterocycles. The summed E-state index contributed by atoms with van der Waals surface area (Å²) in [6.07, 6.45) is 4.48. The molecule has 3 heterocycles. The molecule has 0 radical (unpaired) electrons. The lowest BCUT2D eigenvalue weighted by molar-refractivity contribution is 0.221. The highest BCUT2D eigenvalue weighted by molar-refractivity contribution is 5.96. The molecule has 4 nitrogen and oxygen atoms in total. The smallest absolute Gasteiger partial charge is 0.0923 e. The van der Waals surface area contributed by atoms with Gasteiger partial charge in [-0.05, 0) is 56.2 Å². The topological polar surface area (TPSA) is 34.0 Å². The van der Waals surface area contributed by atoms with E-state index in [2.05, 4.69) is 71.7 Å². The summed E-state index contributed by atoms with van der Waals surface area (Å²) in [5.41, 5.74) is 5.80. The lowest BCUT2D eigenvalue weighted by Gasteiger charge is -2.30. The van der Waals surface area contributed by atoms with E-state index in [1.807, 2.05) is 11.7 Å². The van der Waals surface area contributed by atoms with Gasteiger partial charge in [0.25, 0.3) is 0 Å². The fourth-order valence-electron chi connectivity index (χ4n) is 4.48. The predicted molar refractivity (Wildman–Crippen MR) is 116 cm³/mol. The maximum absolute atomic E-state index is 5.17. The standard InChI is InChI=1S/C24H26N4/c1-3-28-13-11-17(12-14-28)22-9-7-18-5-4-6-21(24(18)25-22)19-8-10-23-20(15-19)16-27(2)26-23/h4-10,15-17H,3,11-14H2,1-2H3. The number of hydrogen-bond acceptors (Lipinski definition) is 3. The highest BCUT2D eigenvalue weighted by Gasteiger charge is 2.21. The second-order valence-electron chi connectivity index (χ2n) is 7.90. The Bertz CT molecular complexity index is 1140. The monoisotopic (exact) mass is 370 g/mol. The van der Waals surface area contributed by atoms with Gasteiger partial charge in [-0.3, -0.25) is 9.67 Å². The molecule has 0 bridgehead atoms. The van der Waals surface area contributed by atoms with Crippen molar-refractivity contribution in [3.63, 3.8) is 0 Å². The molecule has 1 aliphatic heterocycles. The van der Waals surface area contributed by atoms with Crippen LogP contribution < -0.4 is 0 Å². The zero-order valence-electron chi connectivity index (χ0n) is 16.6. The van der Waals surface area contributed by atoms with Crippen LogP contribution in [0.15, 0.2) is 54.7 Å². The molecule has 2 aromatic heterocycles. The van der Waals surface area contributed by atoms with Gasteiger partial charge in [0.05, 0.1) is 11.0 Å². The quantitative estimate of drug-likeness (QED) is 0.510. The lowest BCUT2D eigenvalue weighted by Crippen LogP contribution is -2.32. The molecule has 4 aromatic rings. The third-order valence-electron chi connectivity index (χ3n) is 6.12. The number of benzene rings is 2. The third-order valence-corrected chi connectivity index (χ3v) is 6.12. The van der Waals surface area contributed by atoms with Crippen molar-refractivity contribution in [2.24, 2.45) is 7.05 Å². The van der Waals surface area contributed by atoms with E-state index in [4.69, 9.17) is 4.98 Å². The van der Waals surface area contributed by atoms with Crippen molar-refractivity contribution in [2.45, 2.75) is 25.7 Å². The van der Waals surface area contributed by atoms with Crippen LogP contribution >= 0.6 is 0 Å². The van der Waals surface area contributed by atoms with Gasteiger partial charge in [0.15, 0.2) is 0 Å². The molecule has 5 rings (SSSR count). The number of likely N-dealkylation sites (tertiary alicyclic amines) is 1. The molecular formula is C24H26N4. The van der Waals surface area contributed by atoms with Crippen LogP contribution in [0, 0.1) is 0 Å². The number of rotatable bonds is 3. The second kappa shape index (κ2) is 7.02. The van der Waals surface area contributed by atoms with E-state index in [9.17, 15) is 0 Å². The highest BCUT2D eigenvalue weighted by atomic mass is 15.2. The van der Waals surface area contributed by atoms with Crippen molar-refractivity contribution in [3.05, 3.63) is 60.4 Å². The average Bonchev–Trinajstić information content (AvgIpc) is 3.12. The van der Waals surface area contributed by atoms with E-state index < -0.39 is 0 Å². The minimum absolute atomic E-state index is 0.570. The van der Waals surface area contributed by atoms with E-state index in [1.54, 1.807) is 0 Å². The van der Waals surface area contributed by atoms with Crippen molar-refractivity contribution in [1.82, 2.24) is 19.7 Å². The molecule has 0 atom stereocenters. The van der Waals surface area contributed by atoms with E-state index >= 15 is 0 Å². The molecule has 0 spiro atoms. The number of para-hydroxylation sites is 1. The van der Waals surface area contributed by atoms with Gasteiger partial charge in [-0.25, -0.2) is 0 Å². The van der Waals surface area contributed by atoms with E-state index in [1.165, 1.54) is 53.5 Å². The Morgan fingerprint density at radius 1 is 1.00 bits per heavy atom. The third kappa shape index (κ3) is 3.08. The molecule has 1 aliphatic rings. The zero-order chi connectivity index (χ0) is 19.1. The van der Waals surface area contributed by atoms with Gasteiger partial charge >= 0.3 is 0 Å². The molecule has 2 aromatic carbocycles. The second-order valence-corrected chi connectivity index (χ2v) is 7.90. The van der Waals surface area contributed by atoms with E-state index in [0.29, 0.717) is 5.92 Å². The first-order chi connectivity index (χ1) is 13.7. The maximum Gasteiger partial charge on any atom is 0.0923 e. The number of nitrogens with zero attached hydrogens (tertiary/aromatic N) is 4. The van der Waals surface area contributed by atoms with Gasteiger partial charge in [0.1, 0.15) is 0 Å². The van der Waals surface area contributed by atoms with Crippen molar-refractivity contribution in [2.75, 3.05) is 19.6 Å². The fourth-order valence-corrected chi connectivity index (χ4v) is 4.48. The summed E-state index contributed by atoms with van der Waals surface area (Å²) in [7, 11) is 1.97. The molecule has 0 unspecified atom stereocenters.